The molecule has 3 heterocycles. The Hall–Kier alpha value is -1.69. The Kier molecular flexibility index (Phi) is 6.62. The Labute approximate surface area is 151 Å². The Balaban J connectivity index is 1.36. The van der Waals surface area contributed by atoms with E-state index in [4.69, 9.17) is 0 Å². The summed E-state index contributed by atoms with van der Waals surface area (Å²) < 4.78 is 0. The van der Waals surface area contributed by atoms with Gasteiger partial charge in [0.15, 0.2) is 0 Å². The van der Waals surface area contributed by atoms with Crippen molar-refractivity contribution in [3.05, 3.63) is 18.5 Å². The minimum absolute atomic E-state index is 0.0494. The van der Waals surface area contributed by atoms with E-state index in [-0.39, 0.29) is 11.8 Å². The van der Waals surface area contributed by atoms with E-state index in [1.807, 2.05) is 6.07 Å². The number of amides is 1. The number of anilines is 1. The van der Waals surface area contributed by atoms with Crippen LogP contribution in [-0.4, -0.2) is 60.0 Å². The highest BCUT2D eigenvalue weighted by atomic mass is 16.1. The molecule has 6 nitrogen and oxygen atoms in total. The standard InChI is InChI=1S/C19H31N5O/c1-16-6-13-23(14-7-16)11-4-10-20-18(25)17-5-2-12-24(15-17)19-21-8-3-9-22-19/h3,8-9,16-17H,2,4-7,10-15H2,1H3,(H,20,25). The van der Waals surface area contributed by atoms with Crippen LogP contribution in [0.4, 0.5) is 5.95 Å². The number of nitrogens with one attached hydrogen (secondary N) is 1. The zero-order valence-electron chi connectivity index (χ0n) is 15.4. The lowest BCUT2D eigenvalue weighted by Crippen LogP contribution is -2.44. The van der Waals surface area contributed by atoms with Crippen LogP contribution in [0.15, 0.2) is 18.5 Å². The smallest absolute Gasteiger partial charge is 0.225 e. The second-order valence-corrected chi connectivity index (χ2v) is 7.50. The summed E-state index contributed by atoms with van der Waals surface area (Å²) in [5, 5.41) is 3.14. The molecule has 0 bridgehead atoms. The first kappa shape index (κ1) is 18.1. The molecule has 6 heteroatoms. The predicted molar refractivity (Wildman–Crippen MR) is 99.4 cm³/mol. The topological polar surface area (TPSA) is 61.4 Å². The monoisotopic (exact) mass is 345 g/mol. The second-order valence-electron chi connectivity index (χ2n) is 7.50. The summed E-state index contributed by atoms with van der Waals surface area (Å²) >= 11 is 0. The van der Waals surface area contributed by atoms with Crippen molar-refractivity contribution in [1.82, 2.24) is 20.2 Å². The molecule has 138 valence electrons. The van der Waals surface area contributed by atoms with Crippen LogP contribution in [0, 0.1) is 11.8 Å². The fraction of sp³-hybridized carbons (Fsp3) is 0.737. The maximum atomic E-state index is 12.5. The molecule has 0 aliphatic carbocycles. The third kappa shape index (κ3) is 5.39. The van der Waals surface area contributed by atoms with Gasteiger partial charge in [-0.1, -0.05) is 6.92 Å². The molecule has 2 aliphatic rings. The summed E-state index contributed by atoms with van der Waals surface area (Å²) in [6.45, 7) is 8.30. The van der Waals surface area contributed by atoms with E-state index in [9.17, 15) is 4.79 Å². The lowest BCUT2D eigenvalue weighted by molar-refractivity contribution is -0.125. The number of likely N-dealkylation sites (tertiary alicyclic amines) is 1. The molecule has 25 heavy (non-hydrogen) atoms. The van der Waals surface area contributed by atoms with Gasteiger partial charge in [-0.15, -0.1) is 0 Å². The Bertz CT molecular complexity index is 530. The van der Waals surface area contributed by atoms with Crippen LogP contribution in [0.25, 0.3) is 0 Å². The summed E-state index contributed by atoms with van der Waals surface area (Å²) in [6, 6.07) is 1.82. The molecule has 1 unspecified atom stereocenters. The van der Waals surface area contributed by atoms with Gasteiger partial charge in [0.2, 0.25) is 11.9 Å². The van der Waals surface area contributed by atoms with E-state index in [0.29, 0.717) is 0 Å². The largest absolute Gasteiger partial charge is 0.356 e. The van der Waals surface area contributed by atoms with Gasteiger partial charge in [-0.25, -0.2) is 9.97 Å². The fourth-order valence-electron chi connectivity index (χ4n) is 3.77. The molecule has 3 rings (SSSR count). The van der Waals surface area contributed by atoms with Gasteiger partial charge in [-0.3, -0.25) is 4.79 Å². The fourth-order valence-corrected chi connectivity index (χ4v) is 3.77. The van der Waals surface area contributed by atoms with Gasteiger partial charge in [0, 0.05) is 32.0 Å². The molecule has 2 aliphatic heterocycles. The number of rotatable bonds is 6. The number of nitrogens with zero attached hydrogens (tertiary/aromatic N) is 4. The molecular weight excluding hydrogens is 314 g/mol. The van der Waals surface area contributed by atoms with Gasteiger partial charge in [-0.05, 0) is 63.7 Å². The molecule has 0 radical (unpaired) electrons. The molecule has 1 N–H and O–H groups in total. The Morgan fingerprint density at radius 1 is 1.20 bits per heavy atom. The van der Waals surface area contributed by atoms with Crippen LogP contribution >= 0.6 is 0 Å². The second kappa shape index (κ2) is 9.13. The molecule has 1 atom stereocenters. The minimum Gasteiger partial charge on any atom is -0.356 e. The van der Waals surface area contributed by atoms with E-state index in [0.717, 1.165) is 57.3 Å². The highest BCUT2D eigenvalue weighted by Crippen LogP contribution is 2.20. The minimum atomic E-state index is 0.0494. The van der Waals surface area contributed by atoms with E-state index < -0.39 is 0 Å². The maximum absolute atomic E-state index is 12.5. The SMILES string of the molecule is CC1CCN(CCCNC(=O)C2CCCN(c3ncccn3)C2)CC1. The first-order chi connectivity index (χ1) is 12.2. The van der Waals surface area contributed by atoms with E-state index in [2.05, 4.69) is 32.0 Å². The molecule has 0 aromatic carbocycles. The number of carbonyl (C=O) groups is 1. The average Bonchev–Trinajstić information content (AvgIpc) is 2.67. The number of aromatic nitrogens is 2. The summed E-state index contributed by atoms with van der Waals surface area (Å²) in [6.07, 6.45) is 9.15. The molecule has 2 saturated heterocycles. The van der Waals surface area contributed by atoms with Crippen LogP contribution in [0.1, 0.15) is 39.0 Å². The quantitative estimate of drug-likeness (QED) is 0.798. The zero-order chi connectivity index (χ0) is 17.5. The van der Waals surface area contributed by atoms with Crippen molar-refractivity contribution in [1.29, 1.82) is 0 Å². The maximum Gasteiger partial charge on any atom is 0.225 e. The van der Waals surface area contributed by atoms with Crippen molar-refractivity contribution in [3.8, 4) is 0 Å². The van der Waals surface area contributed by atoms with Crippen LogP contribution < -0.4 is 10.2 Å². The van der Waals surface area contributed by atoms with E-state index in [1.54, 1.807) is 12.4 Å². The number of piperidine rings is 2. The highest BCUT2D eigenvalue weighted by molar-refractivity contribution is 5.79. The molecule has 1 aromatic heterocycles. The van der Waals surface area contributed by atoms with Crippen molar-refractivity contribution < 1.29 is 4.79 Å². The van der Waals surface area contributed by atoms with Gasteiger partial charge < -0.3 is 15.1 Å². The predicted octanol–water partition coefficient (Wildman–Crippen LogP) is 1.93. The molecule has 2 fully saturated rings. The first-order valence-corrected chi connectivity index (χ1v) is 9.74. The van der Waals surface area contributed by atoms with Crippen molar-refractivity contribution >= 4 is 11.9 Å². The number of hydrogen-bond donors (Lipinski definition) is 1. The number of carbonyl (C=O) groups excluding carboxylic acids is 1. The van der Waals surface area contributed by atoms with Crippen molar-refractivity contribution in [2.45, 2.75) is 39.0 Å². The van der Waals surface area contributed by atoms with Gasteiger partial charge in [0.1, 0.15) is 0 Å². The third-order valence-electron chi connectivity index (χ3n) is 5.45. The van der Waals surface area contributed by atoms with Crippen molar-refractivity contribution in [2.24, 2.45) is 11.8 Å². The lowest BCUT2D eigenvalue weighted by atomic mass is 9.97. The third-order valence-corrected chi connectivity index (χ3v) is 5.45. The van der Waals surface area contributed by atoms with Gasteiger partial charge in [-0.2, -0.15) is 0 Å². The van der Waals surface area contributed by atoms with Gasteiger partial charge >= 0.3 is 0 Å². The summed E-state index contributed by atoms with van der Waals surface area (Å²) in [5.74, 6) is 1.85. The summed E-state index contributed by atoms with van der Waals surface area (Å²) in [5.41, 5.74) is 0. The van der Waals surface area contributed by atoms with E-state index in [1.165, 1.54) is 25.9 Å². The van der Waals surface area contributed by atoms with Crippen LogP contribution in [0.5, 0.6) is 0 Å². The van der Waals surface area contributed by atoms with Crippen LogP contribution in [-0.2, 0) is 4.79 Å². The first-order valence-electron chi connectivity index (χ1n) is 9.74. The van der Waals surface area contributed by atoms with E-state index >= 15 is 0 Å². The molecule has 0 spiro atoms. The molecule has 1 aromatic rings. The highest BCUT2D eigenvalue weighted by Gasteiger charge is 2.26. The van der Waals surface area contributed by atoms with Crippen LogP contribution in [0.3, 0.4) is 0 Å². The van der Waals surface area contributed by atoms with Gasteiger partial charge in [0.05, 0.1) is 5.92 Å². The Morgan fingerprint density at radius 3 is 2.72 bits per heavy atom. The molecular formula is C19H31N5O. The van der Waals surface area contributed by atoms with Gasteiger partial charge in [0.25, 0.3) is 0 Å². The Morgan fingerprint density at radius 2 is 1.96 bits per heavy atom. The summed E-state index contributed by atoms with van der Waals surface area (Å²) in [7, 11) is 0. The van der Waals surface area contributed by atoms with Crippen molar-refractivity contribution in [3.63, 3.8) is 0 Å². The lowest BCUT2D eigenvalue weighted by Gasteiger charge is -2.32. The normalized spacial score (nSPS) is 22.8. The summed E-state index contributed by atoms with van der Waals surface area (Å²) in [4.78, 5) is 25.7. The molecule has 0 saturated carbocycles. The van der Waals surface area contributed by atoms with Crippen molar-refractivity contribution in [2.75, 3.05) is 44.2 Å². The zero-order valence-corrected chi connectivity index (χ0v) is 15.4. The average molecular weight is 345 g/mol. The number of hydrogen-bond acceptors (Lipinski definition) is 5. The molecule has 1 amide bonds. The van der Waals surface area contributed by atoms with Crippen LogP contribution in [0.2, 0.25) is 0 Å².